The maximum Gasteiger partial charge on any atom is 0.416 e. The normalized spacial score (nSPS) is 15.2. The summed E-state index contributed by atoms with van der Waals surface area (Å²) in [6.45, 7) is 0.195. The van der Waals surface area contributed by atoms with Gasteiger partial charge in [-0.2, -0.15) is 13.2 Å². The van der Waals surface area contributed by atoms with E-state index in [2.05, 4.69) is 0 Å². The molecular weight excluding hydrogens is 298 g/mol. The van der Waals surface area contributed by atoms with E-state index in [9.17, 15) is 22.4 Å². The fourth-order valence-corrected chi connectivity index (χ4v) is 2.13. The van der Waals surface area contributed by atoms with E-state index in [4.69, 9.17) is 11.6 Å². The van der Waals surface area contributed by atoms with Crippen molar-refractivity contribution in [1.82, 2.24) is 4.90 Å². The molecule has 0 spiro atoms. The van der Waals surface area contributed by atoms with Crippen molar-refractivity contribution in [3.05, 3.63) is 35.1 Å². The van der Waals surface area contributed by atoms with Crippen LogP contribution in [-0.4, -0.2) is 29.3 Å². The Labute approximate surface area is 118 Å². The highest BCUT2D eigenvalue weighted by Crippen LogP contribution is 2.32. The summed E-state index contributed by atoms with van der Waals surface area (Å²) < 4.78 is 51.5. The lowest BCUT2D eigenvalue weighted by Crippen LogP contribution is -2.35. The van der Waals surface area contributed by atoms with Crippen LogP contribution in [0.1, 0.15) is 28.8 Å². The van der Waals surface area contributed by atoms with Gasteiger partial charge in [0.2, 0.25) is 0 Å². The number of carbonyl (C=O) groups is 1. The Kier molecular flexibility index (Phi) is 4.22. The molecule has 0 saturated heterocycles. The highest BCUT2D eigenvalue weighted by atomic mass is 35.5. The number of halogens is 5. The molecule has 0 atom stereocenters. The van der Waals surface area contributed by atoms with Crippen LogP contribution in [0.2, 0.25) is 0 Å². The predicted octanol–water partition coefficient (Wildman–Crippen LogP) is 3.69. The van der Waals surface area contributed by atoms with Gasteiger partial charge in [-0.05, 0) is 31.0 Å². The van der Waals surface area contributed by atoms with Crippen molar-refractivity contribution in [2.45, 2.75) is 25.1 Å². The van der Waals surface area contributed by atoms with Gasteiger partial charge in [0.05, 0.1) is 11.1 Å². The number of alkyl halides is 4. The van der Waals surface area contributed by atoms with Crippen LogP contribution in [-0.2, 0) is 6.18 Å². The molecule has 0 aliphatic heterocycles. The number of rotatable bonds is 4. The molecule has 0 N–H and O–H groups in total. The summed E-state index contributed by atoms with van der Waals surface area (Å²) in [6.07, 6.45) is -3.08. The quantitative estimate of drug-likeness (QED) is 0.613. The van der Waals surface area contributed by atoms with E-state index in [1.807, 2.05) is 0 Å². The first-order chi connectivity index (χ1) is 9.34. The van der Waals surface area contributed by atoms with Crippen LogP contribution in [0.3, 0.4) is 0 Å². The van der Waals surface area contributed by atoms with E-state index in [0.717, 1.165) is 12.8 Å². The topological polar surface area (TPSA) is 20.3 Å². The van der Waals surface area contributed by atoms with Gasteiger partial charge in [0.15, 0.2) is 0 Å². The zero-order valence-corrected chi connectivity index (χ0v) is 11.1. The van der Waals surface area contributed by atoms with Crippen LogP contribution in [0.5, 0.6) is 0 Å². The Morgan fingerprint density at radius 3 is 2.50 bits per heavy atom. The average Bonchev–Trinajstić information content (AvgIpc) is 3.18. The van der Waals surface area contributed by atoms with Gasteiger partial charge in [0.25, 0.3) is 5.91 Å². The molecule has 1 aliphatic rings. The largest absolute Gasteiger partial charge is 0.416 e. The van der Waals surface area contributed by atoms with Crippen molar-refractivity contribution < 1.29 is 22.4 Å². The molecule has 110 valence electrons. The lowest BCUT2D eigenvalue weighted by Gasteiger charge is -2.22. The second kappa shape index (κ2) is 5.60. The zero-order valence-electron chi connectivity index (χ0n) is 10.4. The third-order valence-corrected chi connectivity index (χ3v) is 3.27. The van der Waals surface area contributed by atoms with Crippen LogP contribution in [0, 0.1) is 5.82 Å². The summed E-state index contributed by atoms with van der Waals surface area (Å²) in [4.78, 5) is 13.5. The van der Waals surface area contributed by atoms with Gasteiger partial charge in [-0.25, -0.2) is 4.39 Å². The first kappa shape index (κ1) is 15.1. The van der Waals surface area contributed by atoms with Crippen LogP contribution in [0.25, 0.3) is 0 Å². The molecule has 1 aromatic rings. The van der Waals surface area contributed by atoms with Crippen molar-refractivity contribution in [1.29, 1.82) is 0 Å². The lowest BCUT2D eigenvalue weighted by molar-refractivity contribution is -0.137. The third-order valence-electron chi connectivity index (χ3n) is 3.10. The SMILES string of the molecule is O=C(c1cc(C(F)(F)F)ccc1F)N(CCCl)C1CC1. The lowest BCUT2D eigenvalue weighted by atomic mass is 10.1. The molecular formula is C13H12ClF4NO. The van der Waals surface area contributed by atoms with Crippen LogP contribution in [0.15, 0.2) is 18.2 Å². The van der Waals surface area contributed by atoms with Gasteiger partial charge < -0.3 is 4.90 Å². The van der Waals surface area contributed by atoms with E-state index in [1.165, 1.54) is 4.90 Å². The molecule has 1 aliphatic carbocycles. The van der Waals surface area contributed by atoms with Crippen molar-refractivity contribution in [2.24, 2.45) is 0 Å². The van der Waals surface area contributed by atoms with Crippen LogP contribution in [0.4, 0.5) is 17.6 Å². The molecule has 20 heavy (non-hydrogen) atoms. The first-order valence-corrected chi connectivity index (χ1v) is 6.61. The van der Waals surface area contributed by atoms with Gasteiger partial charge in [0, 0.05) is 18.5 Å². The van der Waals surface area contributed by atoms with Gasteiger partial charge in [-0.15, -0.1) is 11.6 Å². The summed E-state index contributed by atoms with van der Waals surface area (Å²) in [6, 6.07) is 1.80. The average molecular weight is 310 g/mol. The maximum atomic E-state index is 13.6. The maximum absolute atomic E-state index is 13.6. The molecule has 2 nitrogen and oxygen atoms in total. The highest BCUT2D eigenvalue weighted by Gasteiger charge is 2.36. The summed E-state index contributed by atoms with van der Waals surface area (Å²) in [7, 11) is 0. The summed E-state index contributed by atoms with van der Waals surface area (Å²) in [5, 5.41) is 0. The van der Waals surface area contributed by atoms with Crippen molar-refractivity contribution in [3.63, 3.8) is 0 Å². The first-order valence-electron chi connectivity index (χ1n) is 6.08. The molecule has 0 heterocycles. The number of hydrogen-bond donors (Lipinski definition) is 0. The van der Waals surface area contributed by atoms with E-state index in [0.29, 0.717) is 18.2 Å². The number of amides is 1. The van der Waals surface area contributed by atoms with Crippen LogP contribution < -0.4 is 0 Å². The summed E-state index contributed by atoms with van der Waals surface area (Å²) in [5.74, 6) is -1.54. The number of hydrogen-bond acceptors (Lipinski definition) is 1. The van der Waals surface area contributed by atoms with Crippen molar-refractivity contribution in [3.8, 4) is 0 Å². The van der Waals surface area contributed by atoms with Crippen LogP contribution >= 0.6 is 11.6 Å². The monoisotopic (exact) mass is 309 g/mol. The summed E-state index contributed by atoms with van der Waals surface area (Å²) in [5.41, 5.74) is -1.60. The minimum Gasteiger partial charge on any atom is -0.334 e. The molecule has 1 saturated carbocycles. The Bertz CT molecular complexity index is 514. The molecule has 0 aromatic heterocycles. The van der Waals surface area contributed by atoms with E-state index < -0.39 is 29.0 Å². The van der Waals surface area contributed by atoms with Crippen molar-refractivity contribution in [2.75, 3.05) is 12.4 Å². The molecule has 7 heteroatoms. The fourth-order valence-electron chi connectivity index (χ4n) is 1.95. The minimum atomic E-state index is -4.61. The fraction of sp³-hybridized carbons (Fsp3) is 0.462. The number of carbonyl (C=O) groups excluding carboxylic acids is 1. The standard InChI is InChI=1S/C13H12ClF4NO/c14-5-6-19(9-2-3-9)12(20)10-7-8(13(16,17)18)1-4-11(10)15/h1,4,7,9H,2-3,5-6H2. The van der Waals surface area contributed by atoms with Gasteiger partial charge in [-0.3, -0.25) is 4.79 Å². The van der Waals surface area contributed by atoms with Crippen molar-refractivity contribution >= 4 is 17.5 Å². The third kappa shape index (κ3) is 3.23. The summed E-state index contributed by atoms with van der Waals surface area (Å²) >= 11 is 5.58. The molecule has 2 rings (SSSR count). The second-order valence-corrected chi connectivity index (χ2v) is 4.99. The zero-order chi connectivity index (χ0) is 14.9. The van der Waals surface area contributed by atoms with E-state index in [-0.39, 0.29) is 18.5 Å². The Balaban J connectivity index is 2.32. The molecule has 0 bridgehead atoms. The van der Waals surface area contributed by atoms with Gasteiger partial charge in [0.1, 0.15) is 5.82 Å². The Hall–Kier alpha value is -1.30. The highest BCUT2D eigenvalue weighted by molar-refractivity contribution is 6.18. The Morgan fingerprint density at radius 2 is 2.00 bits per heavy atom. The second-order valence-electron chi connectivity index (χ2n) is 4.61. The van der Waals surface area contributed by atoms with Gasteiger partial charge in [-0.1, -0.05) is 0 Å². The molecule has 1 fully saturated rings. The predicted molar refractivity (Wildman–Crippen MR) is 66.2 cm³/mol. The smallest absolute Gasteiger partial charge is 0.334 e. The molecule has 0 unspecified atom stereocenters. The number of nitrogens with zero attached hydrogens (tertiary/aromatic N) is 1. The Morgan fingerprint density at radius 1 is 1.35 bits per heavy atom. The molecule has 1 amide bonds. The minimum absolute atomic E-state index is 0.0461. The molecule has 1 aromatic carbocycles. The van der Waals surface area contributed by atoms with Gasteiger partial charge >= 0.3 is 6.18 Å². The number of benzene rings is 1. The molecule has 0 radical (unpaired) electrons. The van der Waals surface area contributed by atoms with E-state index in [1.54, 1.807) is 0 Å². The van der Waals surface area contributed by atoms with E-state index >= 15 is 0 Å².